The summed E-state index contributed by atoms with van der Waals surface area (Å²) < 4.78 is 18.7. The van der Waals surface area contributed by atoms with Gasteiger partial charge in [-0.15, -0.1) is 0 Å². The Morgan fingerprint density at radius 3 is 2.67 bits per heavy atom. The van der Waals surface area contributed by atoms with Crippen LogP contribution in [-0.4, -0.2) is 20.3 Å². The fraction of sp³-hybridized carbons (Fsp3) is 0.600. The molecule has 1 N–H and O–H groups in total. The first-order valence-electron chi connectivity index (χ1n) is 6.76. The third-order valence-electron chi connectivity index (χ3n) is 3.10. The molecular weight excluding hydrogens is 229 g/mol. The third kappa shape index (κ3) is 5.15. The Bertz CT molecular complexity index is 330. The van der Waals surface area contributed by atoms with Crippen LogP contribution in [-0.2, 0) is 4.74 Å². The lowest BCUT2D eigenvalue weighted by atomic mass is 10.0. The number of unbranched alkanes of at least 4 members (excludes halogenated alkanes) is 2. The number of benzene rings is 1. The number of hydrogen-bond acceptors (Lipinski definition) is 2. The number of hydrogen-bond donors (Lipinski definition) is 1. The summed E-state index contributed by atoms with van der Waals surface area (Å²) in [6, 6.07) is 7.13. The smallest absolute Gasteiger partial charge is 0.127 e. The van der Waals surface area contributed by atoms with Crippen LogP contribution < -0.4 is 5.32 Å². The van der Waals surface area contributed by atoms with Crippen LogP contribution in [0.1, 0.15) is 44.2 Å². The average Bonchev–Trinajstić information content (AvgIpc) is 2.39. The molecule has 0 heterocycles. The van der Waals surface area contributed by atoms with E-state index in [1.807, 2.05) is 12.1 Å². The first kappa shape index (κ1) is 15.1. The molecule has 0 amide bonds. The number of nitrogens with one attached hydrogen (secondary N) is 1. The van der Waals surface area contributed by atoms with Gasteiger partial charge in [-0.25, -0.2) is 4.39 Å². The molecule has 0 saturated heterocycles. The normalized spacial score (nSPS) is 12.6. The van der Waals surface area contributed by atoms with Gasteiger partial charge in [-0.2, -0.15) is 0 Å². The maximum atomic E-state index is 13.6. The first-order chi connectivity index (χ1) is 8.79. The van der Waals surface area contributed by atoms with Gasteiger partial charge >= 0.3 is 0 Å². The summed E-state index contributed by atoms with van der Waals surface area (Å²) in [5.41, 5.74) is 0.775. The van der Waals surface area contributed by atoms with E-state index in [1.165, 1.54) is 6.07 Å². The summed E-state index contributed by atoms with van der Waals surface area (Å²) in [5, 5.41) is 3.42. The van der Waals surface area contributed by atoms with Crippen molar-refractivity contribution in [2.45, 2.75) is 38.6 Å². The van der Waals surface area contributed by atoms with Crippen molar-refractivity contribution in [3.8, 4) is 0 Å². The predicted molar refractivity (Wildman–Crippen MR) is 73.2 cm³/mol. The number of rotatable bonds is 9. The van der Waals surface area contributed by atoms with Gasteiger partial charge in [-0.1, -0.05) is 25.1 Å². The highest BCUT2D eigenvalue weighted by Gasteiger charge is 2.11. The largest absolute Gasteiger partial charge is 0.385 e. The van der Waals surface area contributed by atoms with Gasteiger partial charge in [0.15, 0.2) is 0 Å². The standard InChI is InChI=1S/C15H24FNO/c1-3-15(13-9-5-6-10-14(13)16)17-11-7-4-8-12-18-2/h5-6,9-10,15,17H,3-4,7-8,11-12H2,1-2H3. The third-order valence-corrected chi connectivity index (χ3v) is 3.10. The molecule has 3 heteroatoms. The highest BCUT2D eigenvalue weighted by atomic mass is 19.1. The van der Waals surface area contributed by atoms with Gasteiger partial charge in [0.25, 0.3) is 0 Å². The minimum Gasteiger partial charge on any atom is -0.385 e. The van der Waals surface area contributed by atoms with Crippen molar-refractivity contribution in [1.29, 1.82) is 0 Å². The number of methoxy groups -OCH3 is 1. The van der Waals surface area contributed by atoms with Crippen molar-refractivity contribution < 1.29 is 9.13 Å². The molecule has 1 rings (SSSR count). The Morgan fingerprint density at radius 2 is 2.00 bits per heavy atom. The zero-order valence-corrected chi connectivity index (χ0v) is 11.4. The average molecular weight is 253 g/mol. The zero-order valence-electron chi connectivity index (χ0n) is 11.4. The molecule has 2 nitrogen and oxygen atoms in total. The summed E-state index contributed by atoms with van der Waals surface area (Å²) in [7, 11) is 1.73. The second-order valence-electron chi connectivity index (χ2n) is 4.49. The maximum Gasteiger partial charge on any atom is 0.127 e. The van der Waals surface area contributed by atoms with E-state index in [2.05, 4.69) is 12.2 Å². The molecule has 18 heavy (non-hydrogen) atoms. The summed E-state index contributed by atoms with van der Waals surface area (Å²) in [4.78, 5) is 0. The van der Waals surface area contributed by atoms with Crippen LogP contribution in [0.4, 0.5) is 4.39 Å². The summed E-state index contributed by atoms with van der Waals surface area (Å²) in [6.45, 7) is 3.83. The van der Waals surface area contributed by atoms with E-state index >= 15 is 0 Å². The molecule has 1 aromatic carbocycles. The van der Waals surface area contributed by atoms with E-state index in [1.54, 1.807) is 13.2 Å². The van der Waals surface area contributed by atoms with E-state index < -0.39 is 0 Å². The maximum absolute atomic E-state index is 13.6. The topological polar surface area (TPSA) is 21.3 Å². The van der Waals surface area contributed by atoms with Crippen LogP contribution in [0, 0.1) is 5.82 Å². The van der Waals surface area contributed by atoms with E-state index in [4.69, 9.17) is 4.74 Å². The molecule has 0 aliphatic heterocycles. The molecule has 0 radical (unpaired) electrons. The Balaban J connectivity index is 2.32. The zero-order chi connectivity index (χ0) is 13.2. The second-order valence-corrected chi connectivity index (χ2v) is 4.49. The van der Waals surface area contributed by atoms with Gasteiger partial charge in [-0.3, -0.25) is 0 Å². The van der Waals surface area contributed by atoms with Crippen molar-refractivity contribution in [3.05, 3.63) is 35.6 Å². The lowest BCUT2D eigenvalue weighted by Gasteiger charge is -2.18. The molecule has 1 unspecified atom stereocenters. The van der Waals surface area contributed by atoms with E-state index in [9.17, 15) is 4.39 Å². The van der Waals surface area contributed by atoms with Crippen molar-refractivity contribution in [3.63, 3.8) is 0 Å². The van der Waals surface area contributed by atoms with Crippen LogP contribution >= 0.6 is 0 Å². The Kier molecular flexibility index (Phi) is 7.62. The Hall–Kier alpha value is -0.930. The second kappa shape index (κ2) is 9.06. The number of ether oxygens (including phenoxy) is 1. The lowest BCUT2D eigenvalue weighted by Crippen LogP contribution is -2.22. The molecule has 0 aliphatic carbocycles. The molecular formula is C15H24FNO. The van der Waals surface area contributed by atoms with Crippen molar-refractivity contribution >= 4 is 0 Å². The molecule has 0 aromatic heterocycles. The summed E-state index contributed by atoms with van der Waals surface area (Å²) in [5.74, 6) is -0.115. The summed E-state index contributed by atoms with van der Waals surface area (Å²) in [6.07, 6.45) is 4.25. The van der Waals surface area contributed by atoms with Crippen LogP contribution in [0.15, 0.2) is 24.3 Å². The Morgan fingerprint density at radius 1 is 1.22 bits per heavy atom. The minimum atomic E-state index is -0.115. The lowest BCUT2D eigenvalue weighted by molar-refractivity contribution is 0.192. The highest BCUT2D eigenvalue weighted by molar-refractivity contribution is 5.20. The molecule has 0 fully saturated rings. The molecule has 1 aromatic rings. The molecule has 0 spiro atoms. The minimum absolute atomic E-state index is 0.115. The first-order valence-corrected chi connectivity index (χ1v) is 6.76. The predicted octanol–water partition coefficient (Wildman–Crippen LogP) is 3.68. The van der Waals surface area contributed by atoms with E-state index in [-0.39, 0.29) is 11.9 Å². The fourth-order valence-corrected chi connectivity index (χ4v) is 2.06. The van der Waals surface area contributed by atoms with Crippen LogP contribution in [0.2, 0.25) is 0 Å². The molecule has 1 atom stereocenters. The Labute approximate surface area is 110 Å². The molecule has 0 saturated carbocycles. The number of halogens is 1. The SMILES string of the molecule is CCC(NCCCCCOC)c1ccccc1F. The summed E-state index contributed by atoms with van der Waals surface area (Å²) >= 11 is 0. The van der Waals surface area contributed by atoms with E-state index in [0.29, 0.717) is 0 Å². The monoisotopic (exact) mass is 253 g/mol. The van der Waals surface area contributed by atoms with Gasteiger partial charge in [0.1, 0.15) is 5.82 Å². The molecule has 0 aliphatic rings. The van der Waals surface area contributed by atoms with Crippen molar-refractivity contribution in [2.75, 3.05) is 20.3 Å². The van der Waals surface area contributed by atoms with Gasteiger partial charge in [0.05, 0.1) is 0 Å². The van der Waals surface area contributed by atoms with Crippen LogP contribution in [0.25, 0.3) is 0 Å². The van der Waals surface area contributed by atoms with Gasteiger partial charge in [0.2, 0.25) is 0 Å². The van der Waals surface area contributed by atoms with Crippen molar-refractivity contribution in [2.24, 2.45) is 0 Å². The van der Waals surface area contributed by atoms with Crippen molar-refractivity contribution in [1.82, 2.24) is 5.32 Å². The van der Waals surface area contributed by atoms with Gasteiger partial charge < -0.3 is 10.1 Å². The van der Waals surface area contributed by atoms with Crippen LogP contribution in [0.3, 0.4) is 0 Å². The molecule has 0 bridgehead atoms. The van der Waals surface area contributed by atoms with Crippen LogP contribution in [0.5, 0.6) is 0 Å². The molecule has 102 valence electrons. The van der Waals surface area contributed by atoms with Gasteiger partial charge in [0, 0.05) is 25.3 Å². The quantitative estimate of drug-likeness (QED) is 0.678. The highest BCUT2D eigenvalue weighted by Crippen LogP contribution is 2.19. The van der Waals surface area contributed by atoms with E-state index in [0.717, 1.165) is 44.4 Å². The fourth-order valence-electron chi connectivity index (χ4n) is 2.06. The van der Waals surface area contributed by atoms with Gasteiger partial charge in [-0.05, 0) is 38.3 Å².